The molecular formula is C36H44N4O8. The summed E-state index contributed by atoms with van der Waals surface area (Å²) in [6, 6.07) is 10.8. The number of benzene rings is 2. The van der Waals surface area contributed by atoms with Crippen molar-refractivity contribution in [1.82, 2.24) is 10.2 Å². The van der Waals surface area contributed by atoms with Crippen LogP contribution in [0.25, 0.3) is 5.76 Å². The molecule has 7 N–H and O–H groups in total. The predicted octanol–water partition coefficient (Wildman–Crippen LogP) is 2.16. The lowest BCUT2D eigenvalue weighted by Gasteiger charge is -2.50. The summed E-state index contributed by atoms with van der Waals surface area (Å²) in [6.45, 7) is 3.35. The number of amides is 2. The highest BCUT2D eigenvalue weighted by molar-refractivity contribution is 6.23. The molecule has 5 rings (SSSR count). The van der Waals surface area contributed by atoms with Crippen LogP contribution >= 0.6 is 0 Å². The summed E-state index contributed by atoms with van der Waals surface area (Å²) in [5.41, 5.74) is 4.14. The minimum Gasteiger partial charge on any atom is -0.508 e. The second-order valence-corrected chi connectivity index (χ2v) is 13.9. The Balaban J connectivity index is 1.56. The zero-order valence-electron chi connectivity index (χ0n) is 28.1. The molecule has 0 saturated heterocycles. The van der Waals surface area contributed by atoms with Gasteiger partial charge in [-0.15, -0.1) is 0 Å². The average Bonchev–Trinajstić information content (AvgIpc) is 3.01. The van der Waals surface area contributed by atoms with Crippen molar-refractivity contribution in [3.05, 3.63) is 75.6 Å². The Bertz CT molecular complexity index is 1750. The van der Waals surface area contributed by atoms with E-state index >= 15 is 0 Å². The van der Waals surface area contributed by atoms with Gasteiger partial charge in [0.25, 0.3) is 5.91 Å². The number of hydrogen-bond donors (Lipinski definition) is 6. The van der Waals surface area contributed by atoms with Crippen LogP contribution in [-0.2, 0) is 38.6 Å². The molecule has 2 aromatic rings. The maximum Gasteiger partial charge on any atom is 0.255 e. The number of nitrogens with two attached hydrogens (primary N) is 1. The summed E-state index contributed by atoms with van der Waals surface area (Å²) in [6.07, 6.45) is 0.665. The quantitative estimate of drug-likeness (QED) is 0.217. The van der Waals surface area contributed by atoms with E-state index in [9.17, 15) is 39.6 Å². The predicted molar refractivity (Wildman–Crippen MR) is 179 cm³/mol. The van der Waals surface area contributed by atoms with Crippen molar-refractivity contribution >= 4 is 34.8 Å². The molecule has 0 spiro atoms. The fraction of sp³-hybridized carbons (Fsp3) is 0.444. The number of carbonyl (C=O) groups is 4. The van der Waals surface area contributed by atoms with Crippen molar-refractivity contribution in [3.63, 3.8) is 0 Å². The van der Waals surface area contributed by atoms with Gasteiger partial charge in [0.1, 0.15) is 22.8 Å². The van der Waals surface area contributed by atoms with Crippen molar-refractivity contribution < 1.29 is 39.6 Å². The maximum absolute atomic E-state index is 14.2. The normalized spacial score (nSPS) is 24.3. The molecule has 2 aromatic carbocycles. The van der Waals surface area contributed by atoms with Crippen LogP contribution in [-0.4, -0.2) is 88.5 Å². The zero-order valence-corrected chi connectivity index (χ0v) is 28.1. The van der Waals surface area contributed by atoms with Gasteiger partial charge in [-0.3, -0.25) is 24.1 Å². The average molecular weight is 661 g/mol. The van der Waals surface area contributed by atoms with E-state index in [-0.39, 0.29) is 47.7 Å². The number of ketones is 2. The molecule has 1 fully saturated rings. The largest absolute Gasteiger partial charge is 0.508 e. The Morgan fingerprint density at radius 1 is 1.06 bits per heavy atom. The first-order chi connectivity index (χ1) is 22.5. The number of phenols is 1. The van der Waals surface area contributed by atoms with Gasteiger partial charge in [-0.05, 0) is 62.4 Å². The highest BCUT2D eigenvalue weighted by Crippen LogP contribution is 2.55. The topological polar surface area (TPSA) is 194 Å². The molecule has 0 aromatic heterocycles. The lowest BCUT2D eigenvalue weighted by Crippen LogP contribution is -2.62. The van der Waals surface area contributed by atoms with Gasteiger partial charge in [-0.1, -0.05) is 44.2 Å². The number of phenolic OH excluding ortho intramolecular Hbond substituents is 1. The SMILES string of the molecule is CC(C)[C@@H]1C(=O)C(C(N)=O)=C(O)[C@@]2(O)C(=O)C3=C(O)c4c(O)c(CNC(=O)C(Cc5ccccc5)N(C)C)cc(N(C)C)c4C[C@H]3C[C@@H]12. The molecule has 48 heavy (non-hydrogen) atoms. The van der Waals surface area contributed by atoms with Crippen LogP contribution in [0.15, 0.2) is 53.3 Å². The second-order valence-electron chi connectivity index (χ2n) is 13.9. The number of Topliss-reactive ketones (excluding diaryl/α,β-unsaturated/α-hetero) is 2. The number of fused-ring (bicyclic) bond motifs is 3. The lowest BCUT2D eigenvalue weighted by molar-refractivity contribution is -0.155. The van der Waals surface area contributed by atoms with Crippen molar-refractivity contribution in [2.24, 2.45) is 29.4 Å². The van der Waals surface area contributed by atoms with Crippen LogP contribution in [0, 0.1) is 23.7 Å². The lowest BCUT2D eigenvalue weighted by atomic mass is 9.54. The summed E-state index contributed by atoms with van der Waals surface area (Å²) >= 11 is 0. The van der Waals surface area contributed by atoms with Gasteiger partial charge in [0.15, 0.2) is 11.4 Å². The molecular weight excluding hydrogens is 616 g/mol. The number of aromatic hydroxyl groups is 1. The summed E-state index contributed by atoms with van der Waals surface area (Å²) in [7, 11) is 7.19. The van der Waals surface area contributed by atoms with Crippen LogP contribution in [0.3, 0.4) is 0 Å². The molecule has 0 bridgehead atoms. The number of likely N-dealkylation sites (N-methyl/N-ethyl adjacent to an activating group) is 1. The Morgan fingerprint density at radius 2 is 1.71 bits per heavy atom. The zero-order chi connectivity index (χ0) is 35.4. The first kappa shape index (κ1) is 34.6. The molecule has 1 unspecified atom stereocenters. The van der Waals surface area contributed by atoms with Gasteiger partial charge < -0.3 is 36.4 Å². The number of hydrogen-bond acceptors (Lipinski definition) is 10. The van der Waals surface area contributed by atoms with Crippen LogP contribution in [0.1, 0.15) is 42.5 Å². The van der Waals surface area contributed by atoms with Crippen molar-refractivity contribution in [2.75, 3.05) is 33.1 Å². The van der Waals surface area contributed by atoms with Gasteiger partial charge in [-0.2, -0.15) is 0 Å². The minimum absolute atomic E-state index is 0.0218. The highest BCUT2D eigenvalue weighted by Gasteiger charge is 2.64. The van der Waals surface area contributed by atoms with E-state index in [4.69, 9.17) is 5.73 Å². The van der Waals surface area contributed by atoms with E-state index in [0.717, 1.165) is 5.56 Å². The van der Waals surface area contributed by atoms with Crippen LogP contribution in [0.2, 0.25) is 0 Å². The smallest absolute Gasteiger partial charge is 0.255 e. The van der Waals surface area contributed by atoms with Gasteiger partial charge in [-0.25, -0.2) is 0 Å². The van der Waals surface area contributed by atoms with Crippen LogP contribution in [0.4, 0.5) is 5.69 Å². The summed E-state index contributed by atoms with van der Waals surface area (Å²) in [5.74, 6) is -8.54. The van der Waals surface area contributed by atoms with Crippen molar-refractivity contribution in [3.8, 4) is 5.75 Å². The highest BCUT2D eigenvalue weighted by atomic mass is 16.3. The van der Waals surface area contributed by atoms with E-state index < -0.39 is 69.9 Å². The van der Waals surface area contributed by atoms with Crippen LogP contribution in [0.5, 0.6) is 5.75 Å². The molecule has 0 radical (unpaired) electrons. The Kier molecular flexibility index (Phi) is 9.19. The molecule has 256 valence electrons. The number of aliphatic hydroxyl groups is 3. The maximum atomic E-state index is 14.2. The summed E-state index contributed by atoms with van der Waals surface area (Å²) in [5, 5.41) is 49.3. The fourth-order valence-electron chi connectivity index (χ4n) is 7.77. The van der Waals surface area contributed by atoms with Gasteiger partial charge in [0, 0.05) is 49.3 Å². The van der Waals surface area contributed by atoms with Gasteiger partial charge in [0.05, 0.1) is 11.6 Å². The first-order valence-electron chi connectivity index (χ1n) is 16.0. The number of carbonyl (C=O) groups excluding carboxylic acids is 4. The van der Waals surface area contributed by atoms with E-state index in [1.807, 2.05) is 30.3 Å². The first-order valence-corrected chi connectivity index (χ1v) is 16.0. The monoisotopic (exact) mass is 660 g/mol. The van der Waals surface area contributed by atoms with Crippen molar-refractivity contribution in [1.29, 1.82) is 0 Å². The number of nitrogens with zero attached hydrogens (tertiary/aromatic N) is 2. The number of rotatable bonds is 9. The Labute approximate surface area is 279 Å². The molecule has 12 nitrogen and oxygen atoms in total. The third kappa shape index (κ3) is 5.52. The number of primary amides is 1. The second kappa shape index (κ2) is 12.7. The third-order valence-corrected chi connectivity index (χ3v) is 10.2. The van der Waals surface area contributed by atoms with E-state index in [1.54, 1.807) is 57.9 Å². The van der Waals surface area contributed by atoms with Crippen LogP contribution < -0.4 is 16.0 Å². The third-order valence-electron chi connectivity index (χ3n) is 10.2. The summed E-state index contributed by atoms with van der Waals surface area (Å²) in [4.78, 5) is 56.9. The van der Waals surface area contributed by atoms with E-state index in [2.05, 4.69) is 5.32 Å². The summed E-state index contributed by atoms with van der Waals surface area (Å²) < 4.78 is 0. The number of nitrogens with one attached hydrogen (secondary N) is 1. The van der Waals surface area contributed by atoms with Crippen molar-refractivity contribution in [2.45, 2.75) is 51.3 Å². The van der Waals surface area contributed by atoms with Gasteiger partial charge >= 0.3 is 0 Å². The standard InChI is InChI=1S/C36H44N4O8/c1-17(2)25-22-14-19-13-21-23(39(3)4)15-20(16-38-35(47)24(40(5)6)12-18-10-8-7-9-11-18)29(41)27(21)31(43)26(19)32(44)36(22,48)33(45)28(30(25)42)34(37)46/h7-11,15,17,19,22,24-25,41,43,45,48H,12-14,16H2,1-6H3,(H2,37,46)(H,38,47)/t19-,22-,24?,25-,36-/m0/s1. The number of anilines is 1. The van der Waals surface area contributed by atoms with E-state index in [0.29, 0.717) is 17.7 Å². The van der Waals surface area contributed by atoms with Gasteiger partial charge in [0.2, 0.25) is 11.7 Å². The molecule has 2 amide bonds. The minimum atomic E-state index is -2.68. The molecule has 0 aliphatic heterocycles. The molecule has 3 aliphatic carbocycles. The Hall–Kier alpha value is -4.68. The Morgan fingerprint density at radius 3 is 2.27 bits per heavy atom. The molecule has 12 heteroatoms. The number of aliphatic hydroxyl groups excluding tert-OH is 2. The fourth-order valence-corrected chi connectivity index (χ4v) is 7.77. The molecule has 1 saturated carbocycles. The molecule has 0 heterocycles. The van der Waals surface area contributed by atoms with E-state index in [1.165, 1.54) is 0 Å². The molecule has 3 aliphatic rings. The molecule has 5 atom stereocenters.